The van der Waals surface area contributed by atoms with Crippen LogP contribution < -0.4 is 19.1 Å². The summed E-state index contributed by atoms with van der Waals surface area (Å²) in [5.41, 5.74) is 1.09. The second kappa shape index (κ2) is 8.20. The smallest absolute Gasteiger partial charge is 0.203 e. The predicted molar refractivity (Wildman–Crippen MR) is 111 cm³/mol. The number of anilines is 1. The van der Waals surface area contributed by atoms with E-state index in [2.05, 4.69) is 31.2 Å². The Kier molecular flexibility index (Phi) is 5.50. The number of hydrogen-bond acceptors (Lipinski definition) is 8. The van der Waals surface area contributed by atoms with Crippen LogP contribution in [0.3, 0.4) is 0 Å². The Morgan fingerprint density at radius 1 is 0.929 bits per heavy atom. The van der Waals surface area contributed by atoms with Crippen LogP contribution >= 0.6 is 11.3 Å². The highest BCUT2D eigenvalue weighted by Gasteiger charge is 2.23. The molecule has 1 saturated heterocycles. The Bertz CT molecular complexity index is 954. The van der Waals surface area contributed by atoms with Crippen LogP contribution in [0.25, 0.3) is 10.2 Å². The van der Waals surface area contributed by atoms with Crippen LogP contribution in [0, 0.1) is 0 Å². The maximum atomic E-state index is 5.62. The van der Waals surface area contributed by atoms with Gasteiger partial charge in [0.05, 0.1) is 26.7 Å². The van der Waals surface area contributed by atoms with Gasteiger partial charge in [-0.2, -0.15) is 0 Å². The molecule has 0 radical (unpaired) electrons. The summed E-state index contributed by atoms with van der Waals surface area (Å²) >= 11 is 1.65. The molecule has 0 unspecified atom stereocenters. The van der Waals surface area contributed by atoms with E-state index in [4.69, 9.17) is 14.2 Å². The molecule has 0 spiro atoms. The number of hydrogen-bond donors (Lipinski definition) is 0. The minimum atomic E-state index is 0.641. The molecule has 8 heteroatoms. The molecular formula is C20H24N4O3S. The van der Waals surface area contributed by atoms with Gasteiger partial charge in [0, 0.05) is 38.3 Å². The van der Waals surface area contributed by atoms with Gasteiger partial charge in [-0.25, -0.2) is 9.97 Å². The molecule has 4 rings (SSSR count). The molecule has 3 heterocycles. The van der Waals surface area contributed by atoms with Gasteiger partial charge in [0.15, 0.2) is 11.5 Å². The number of benzene rings is 1. The third-order valence-electron chi connectivity index (χ3n) is 5.09. The first-order chi connectivity index (χ1) is 13.7. The number of thiophene rings is 1. The lowest BCUT2D eigenvalue weighted by atomic mass is 10.1. The second-order valence-electron chi connectivity index (χ2n) is 6.59. The zero-order valence-corrected chi connectivity index (χ0v) is 17.2. The minimum Gasteiger partial charge on any atom is -0.493 e. The van der Waals surface area contributed by atoms with Crippen LogP contribution in [0.1, 0.15) is 5.56 Å². The van der Waals surface area contributed by atoms with Gasteiger partial charge in [0.25, 0.3) is 0 Å². The Morgan fingerprint density at radius 3 is 2.43 bits per heavy atom. The van der Waals surface area contributed by atoms with Crippen molar-refractivity contribution in [1.29, 1.82) is 0 Å². The van der Waals surface area contributed by atoms with Gasteiger partial charge in [0.2, 0.25) is 5.75 Å². The van der Waals surface area contributed by atoms with Crippen LogP contribution in [-0.2, 0) is 6.54 Å². The summed E-state index contributed by atoms with van der Waals surface area (Å²) in [7, 11) is 4.93. The zero-order valence-electron chi connectivity index (χ0n) is 16.3. The Morgan fingerprint density at radius 2 is 1.71 bits per heavy atom. The van der Waals surface area contributed by atoms with Crippen molar-refractivity contribution in [2.75, 3.05) is 52.4 Å². The summed E-state index contributed by atoms with van der Waals surface area (Å²) < 4.78 is 16.5. The third-order valence-corrected chi connectivity index (χ3v) is 5.91. The molecule has 1 aromatic carbocycles. The summed E-state index contributed by atoms with van der Waals surface area (Å²) in [5, 5.41) is 3.21. The lowest BCUT2D eigenvalue weighted by Gasteiger charge is -2.35. The van der Waals surface area contributed by atoms with Gasteiger partial charge in [-0.3, -0.25) is 4.90 Å². The number of methoxy groups -OCH3 is 3. The number of rotatable bonds is 6. The van der Waals surface area contributed by atoms with Gasteiger partial charge in [-0.15, -0.1) is 11.3 Å². The second-order valence-corrected chi connectivity index (χ2v) is 7.49. The molecule has 1 fully saturated rings. The van der Waals surface area contributed by atoms with E-state index in [-0.39, 0.29) is 0 Å². The van der Waals surface area contributed by atoms with Crippen molar-refractivity contribution in [3.8, 4) is 17.2 Å². The molecule has 1 aliphatic rings. The maximum Gasteiger partial charge on any atom is 0.203 e. The Hall–Kier alpha value is -2.58. The normalized spacial score (nSPS) is 15.0. The van der Waals surface area contributed by atoms with Crippen molar-refractivity contribution >= 4 is 27.4 Å². The van der Waals surface area contributed by atoms with E-state index in [0.717, 1.165) is 60.1 Å². The topological polar surface area (TPSA) is 60.0 Å². The van der Waals surface area contributed by atoms with Crippen LogP contribution in [-0.4, -0.2) is 62.4 Å². The molecule has 0 aliphatic carbocycles. The number of ether oxygens (including phenoxy) is 3. The van der Waals surface area contributed by atoms with E-state index in [0.29, 0.717) is 11.5 Å². The van der Waals surface area contributed by atoms with Gasteiger partial charge in [-0.1, -0.05) is 6.07 Å². The first-order valence-electron chi connectivity index (χ1n) is 9.18. The molecule has 28 heavy (non-hydrogen) atoms. The Balaban J connectivity index is 1.47. The van der Waals surface area contributed by atoms with Gasteiger partial charge >= 0.3 is 0 Å². The standard InChI is InChI=1S/C20H24N4O3S/c1-25-16-5-4-14(17(26-2)18(16)27-3)12-23-7-9-24(10-8-23)19-15-6-11-28-20(15)22-13-21-19/h4-6,11,13H,7-10,12H2,1-3H3. The first kappa shape index (κ1) is 18.8. The van der Waals surface area contributed by atoms with Crippen LogP contribution in [0.15, 0.2) is 29.9 Å². The summed E-state index contributed by atoms with van der Waals surface area (Å²) in [6.07, 6.45) is 1.66. The van der Waals surface area contributed by atoms with Crippen molar-refractivity contribution < 1.29 is 14.2 Å². The predicted octanol–water partition coefficient (Wildman–Crippen LogP) is 3.04. The van der Waals surface area contributed by atoms with E-state index in [9.17, 15) is 0 Å². The number of aromatic nitrogens is 2. The summed E-state index contributed by atoms with van der Waals surface area (Å²) in [5.74, 6) is 3.09. The SMILES string of the molecule is COc1ccc(CN2CCN(c3ncnc4sccc34)CC2)c(OC)c1OC. The van der Waals surface area contributed by atoms with Gasteiger partial charge < -0.3 is 19.1 Å². The summed E-state index contributed by atoms with van der Waals surface area (Å²) in [6.45, 7) is 4.56. The fourth-order valence-corrected chi connectivity index (χ4v) is 4.40. The van der Waals surface area contributed by atoms with Crippen molar-refractivity contribution in [2.45, 2.75) is 6.54 Å². The fraction of sp³-hybridized carbons (Fsp3) is 0.400. The van der Waals surface area contributed by atoms with E-state index < -0.39 is 0 Å². The largest absolute Gasteiger partial charge is 0.493 e. The van der Waals surface area contributed by atoms with Gasteiger partial charge in [-0.05, 0) is 17.5 Å². The molecule has 7 nitrogen and oxygen atoms in total. The molecule has 2 aromatic heterocycles. The highest BCUT2D eigenvalue weighted by molar-refractivity contribution is 7.16. The molecule has 148 valence electrons. The minimum absolute atomic E-state index is 0.641. The lowest BCUT2D eigenvalue weighted by molar-refractivity contribution is 0.243. The molecular weight excluding hydrogens is 376 g/mol. The molecule has 0 saturated carbocycles. The molecule has 0 N–H and O–H groups in total. The number of fused-ring (bicyclic) bond motifs is 1. The fourth-order valence-electron chi connectivity index (χ4n) is 3.68. The summed E-state index contributed by atoms with van der Waals surface area (Å²) in [4.78, 5) is 14.7. The van der Waals surface area contributed by atoms with Gasteiger partial charge in [0.1, 0.15) is 17.0 Å². The van der Waals surface area contributed by atoms with Crippen LogP contribution in [0.2, 0.25) is 0 Å². The van der Waals surface area contributed by atoms with Crippen molar-refractivity contribution in [2.24, 2.45) is 0 Å². The molecule has 0 atom stereocenters. The van der Waals surface area contributed by atoms with E-state index in [1.807, 2.05) is 12.1 Å². The van der Waals surface area contributed by atoms with E-state index in [1.54, 1.807) is 39.0 Å². The molecule has 0 bridgehead atoms. The monoisotopic (exact) mass is 400 g/mol. The summed E-state index contributed by atoms with van der Waals surface area (Å²) in [6, 6.07) is 6.09. The molecule has 3 aromatic rings. The quantitative estimate of drug-likeness (QED) is 0.630. The number of nitrogens with zero attached hydrogens (tertiary/aromatic N) is 4. The maximum absolute atomic E-state index is 5.62. The highest BCUT2D eigenvalue weighted by atomic mass is 32.1. The van der Waals surface area contributed by atoms with E-state index >= 15 is 0 Å². The van der Waals surface area contributed by atoms with Crippen LogP contribution in [0.5, 0.6) is 17.2 Å². The third kappa shape index (κ3) is 3.45. The van der Waals surface area contributed by atoms with Crippen molar-refractivity contribution in [3.63, 3.8) is 0 Å². The zero-order chi connectivity index (χ0) is 19.5. The average Bonchev–Trinajstić information content (AvgIpc) is 3.23. The average molecular weight is 401 g/mol. The molecule has 1 aliphatic heterocycles. The molecule has 0 amide bonds. The first-order valence-corrected chi connectivity index (χ1v) is 10.1. The van der Waals surface area contributed by atoms with Crippen molar-refractivity contribution in [3.05, 3.63) is 35.5 Å². The Labute approximate surface area is 168 Å². The number of piperazine rings is 1. The lowest BCUT2D eigenvalue weighted by Crippen LogP contribution is -2.46. The highest BCUT2D eigenvalue weighted by Crippen LogP contribution is 2.40. The van der Waals surface area contributed by atoms with Crippen LogP contribution in [0.4, 0.5) is 5.82 Å². The van der Waals surface area contributed by atoms with Crippen molar-refractivity contribution in [1.82, 2.24) is 14.9 Å². The van der Waals surface area contributed by atoms with E-state index in [1.165, 1.54) is 0 Å².